The number of hydrogen-bond donors (Lipinski definition) is 2. The van der Waals surface area contributed by atoms with E-state index in [-0.39, 0.29) is 23.5 Å². The number of rotatable bonds is 7. The molecule has 118 valence electrons. The zero-order valence-corrected chi connectivity index (χ0v) is 12.7. The quantitative estimate of drug-likeness (QED) is 0.799. The molecule has 0 aliphatic rings. The average molecular weight is 320 g/mol. The lowest BCUT2D eigenvalue weighted by molar-refractivity contribution is 0.0955. The van der Waals surface area contributed by atoms with Crippen LogP contribution in [0, 0.1) is 11.6 Å². The molecular weight excluding hydrogens is 302 g/mol. The van der Waals surface area contributed by atoms with Gasteiger partial charge in [0, 0.05) is 24.9 Å². The molecule has 1 rings (SSSR count). The number of carbonyl (C=O) groups excluding carboxylic acids is 1. The SMILES string of the molecule is CCCNc1c(F)cc(C(=O)NCCS(C)(=O)=O)cc1F. The Hall–Kier alpha value is -1.70. The van der Waals surface area contributed by atoms with Crippen molar-refractivity contribution in [2.45, 2.75) is 13.3 Å². The number of anilines is 1. The molecule has 1 aromatic carbocycles. The van der Waals surface area contributed by atoms with Crippen molar-refractivity contribution in [1.29, 1.82) is 0 Å². The van der Waals surface area contributed by atoms with E-state index in [4.69, 9.17) is 0 Å². The summed E-state index contributed by atoms with van der Waals surface area (Å²) in [6.07, 6.45) is 1.74. The Bertz CT molecular complexity index is 595. The van der Waals surface area contributed by atoms with Crippen molar-refractivity contribution in [3.05, 3.63) is 29.3 Å². The molecule has 0 unspecified atom stereocenters. The van der Waals surface area contributed by atoms with E-state index in [1.807, 2.05) is 6.92 Å². The van der Waals surface area contributed by atoms with Crippen molar-refractivity contribution in [2.75, 3.05) is 30.4 Å². The number of carbonyl (C=O) groups is 1. The van der Waals surface area contributed by atoms with Crippen LogP contribution < -0.4 is 10.6 Å². The van der Waals surface area contributed by atoms with Gasteiger partial charge in [0.05, 0.1) is 5.75 Å². The number of halogens is 2. The van der Waals surface area contributed by atoms with Crippen LogP contribution in [0.2, 0.25) is 0 Å². The first-order valence-electron chi connectivity index (χ1n) is 6.43. The van der Waals surface area contributed by atoms with Crippen LogP contribution in [0.5, 0.6) is 0 Å². The molecule has 1 amide bonds. The molecule has 2 N–H and O–H groups in total. The van der Waals surface area contributed by atoms with Crippen molar-refractivity contribution < 1.29 is 22.0 Å². The van der Waals surface area contributed by atoms with E-state index in [9.17, 15) is 22.0 Å². The van der Waals surface area contributed by atoms with Gasteiger partial charge in [-0.2, -0.15) is 0 Å². The lowest BCUT2D eigenvalue weighted by Crippen LogP contribution is -2.29. The highest BCUT2D eigenvalue weighted by molar-refractivity contribution is 7.90. The Morgan fingerprint density at radius 1 is 1.19 bits per heavy atom. The second-order valence-electron chi connectivity index (χ2n) is 4.63. The second kappa shape index (κ2) is 7.35. The van der Waals surface area contributed by atoms with Crippen LogP contribution in [-0.2, 0) is 9.84 Å². The van der Waals surface area contributed by atoms with Crippen LogP contribution in [0.4, 0.5) is 14.5 Å². The lowest BCUT2D eigenvalue weighted by atomic mass is 10.1. The lowest BCUT2D eigenvalue weighted by Gasteiger charge is -2.10. The fourth-order valence-electron chi connectivity index (χ4n) is 1.58. The fourth-order valence-corrected chi connectivity index (χ4v) is 2.05. The largest absolute Gasteiger partial charge is 0.380 e. The highest BCUT2D eigenvalue weighted by atomic mass is 32.2. The molecule has 0 aromatic heterocycles. The second-order valence-corrected chi connectivity index (χ2v) is 6.89. The number of hydrogen-bond acceptors (Lipinski definition) is 4. The molecule has 0 bridgehead atoms. The zero-order valence-electron chi connectivity index (χ0n) is 11.9. The van der Waals surface area contributed by atoms with E-state index in [1.54, 1.807) is 0 Å². The van der Waals surface area contributed by atoms with E-state index < -0.39 is 27.4 Å². The highest BCUT2D eigenvalue weighted by Crippen LogP contribution is 2.20. The number of sulfone groups is 1. The van der Waals surface area contributed by atoms with Gasteiger partial charge in [-0.15, -0.1) is 0 Å². The normalized spacial score (nSPS) is 11.2. The zero-order chi connectivity index (χ0) is 16.0. The first-order chi connectivity index (χ1) is 9.74. The summed E-state index contributed by atoms with van der Waals surface area (Å²) in [6.45, 7) is 2.15. The third-order valence-corrected chi connectivity index (χ3v) is 3.56. The minimum atomic E-state index is -3.21. The van der Waals surface area contributed by atoms with Crippen LogP contribution in [0.1, 0.15) is 23.7 Å². The molecule has 0 atom stereocenters. The summed E-state index contributed by atoms with van der Waals surface area (Å²) < 4.78 is 49.3. The van der Waals surface area contributed by atoms with Crippen molar-refractivity contribution in [2.24, 2.45) is 0 Å². The maximum Gasteiger partial charge on any atom is 0.251 e. The number of amides is 1. The molecule has 0 saturated carbocycles. The van der Waals surface area contributed by atoms with E-state index in [0.717, 1.165) is 18.4 Å². The van der Waals surface area contributed by atoms with Gasteiger partial charge in [-0.05, 0) is 18.6 Å². The third kappa shape index (κ3) is 5.66. The van der Waals surface area contributed by atoms with E-state index in [0.29, 0.717) is 13.0 Å². The maximum absolute atomic E-state index is 13.7. The molecule has 5 nitrogen and oxygen atoms in total. The average Bonchev–Trinajstić information content (AvgIpc) is 2.36. The molecular formula is C13H18F2N2O3S. The van der Waals surface area contributed by atoms with Gasteiger partial charge in [0.15, 0.2) is 0 Å². The predicted octanol–water partition coefficient (Wildman–Crippen LogP) is 1.56. The summed E-state index contributed by atoms with van der Waals surface area (Å²) in [5.74, 6) is -2.69. The van der Waals surface area contributed by atoms with Gasteiger partial charge >= 0.3 is 0 Å². The first-order valence-corrected chi connectivity index (χ1v) is 8.49. The molecule has 1 aromatic rings. The maximum atomic E-state index is 13.7. The van der Waals surface area contributed by atoms with Crippen molar-refractivity contribution in [3.8, 4) is 0 Å². The van der Waals surface area contributed by atoms with Gasteiger partial charge in [-0.1, -0.05) is 6.92 Å². The molecule has 0 aliphatic heterocycles. The van der Waals surface area contributed by atoms with Gasteiger partial charge in [0.25, 0.3) is 5.91 Å². The minimum absolute atomic E-state index is 0.114. The van der Waals surface area contributed by atoms with Crippen molar-refractivity contribution >= 4 is 21.4 Å². The van der Waals surface area contributed by atoms with E-state index in [1.165, 1.54) is 0 Å². The Morgan fingerprint density at radius 2 is 1.76 bits per heavy atom. The van der Waals surface area contributed by atoms with Crippen LogP contribution in [-0.4, -0.2) is 39.4 Å². The summed E-state index contributed by atoms with van der Waals surface area (Å²) in [7, 11) is -3.21. The molecule has 0 saturated heterocycles. The molecule has 0 spiro atoms. The summed E-state index contributed by atoms with van der Waals surface area (Å²) >= 11 is 0. The van der Waals surface area contributed by atoms with Gasteiger partial charge < -0.3 is 10.6 Å². The molecule has 0 radical (unpaired) electrons. The Morgan fingerprint density at radius 3 is 2.24 bits per heavy atom. The van der Waals surface area contributed by atoms with Crippen LogP contribution in [0.15, 0.2) is 12.1 Å². The molecule has 0 aliphatic carbocycles. The highest BCUT2D eigenvalue weighted by Gasteiger charge is 2.15. The number of nitrogens with one attached hydrogen (secondary N) is 2. The van der Waals surface area contributed by atoms with Crippen molar-refractivity contribution in [1.82, 2.24) is 5.32 Å². The molecule has 21 heavy (non-hydrogen) atoms. The van der Waals surface area contributed by atoms with Gasteiger partial charge in [-0.3, -0.25) is 4.79 Å². The summed E-state index contributed by atoms with van der Waals surface area (Å²) in [4.78, 5) is 11.7. The predicted molar refractivity (Wildman–Crippen MR) is 77.2 cm³/mol. The minimum Gasteiger partial charge on any atom is -0.380 e. The standard InChI is InChI=1S/C13H18F2N2O3S/c1-3-4-16-12-10(14)7-9(8-11(12)15)13(18)17-5-6-21(2,19)20/h7-8,16H,3-6H2,1-2H3,(H,17,18). The topological polar surface area (TPSA) is 75.3 Å². The molecule has 8 heteroatoms. The smallest absolute Gasteiger partial charge is 0.251 e. The third-order valence-electron chi connectivity index (χ3n) is 2.61. The first kappa shape index (κ1) is 17.4. The molecule has 0 heterocycles. The molecule has 0 fully saturated rings. The van der Waals surface area contributed by atoms with Crippen LogP contribution in [0.25, 0.3) is 0 Å². The Labute approximate surface area is 122 Å². The van der Waals surface area contributed by atoms with Gasteiger partial charge in [-0.25, -0.2) is 17.2 Å². The van der Waals surface area contributed by atoms with Crippen LogP contribution >= 0.6 is 0 Å². The van der Waals surface area contributed by atoms with E-state index >= 15 is 0 Å². The van der Waals surface area contributed by atoms with Crippen LogP contribution in [0.3, 0.4) is 0 Å². The number of benzene rings is 1. The Balaban J connectivity index is 2.77. The van der Waals surface area contributed by atoms with E-state index in [2.05, 4.69) is 10.6 Å². The van der Waals surface area contributed by atoms with Gasteiger partial charge in [0.1, 0.15) is 27.2 Å². The summed E-state index contributed by atoms with van der Waals surface area (Å²) in [5, 5.41) is 4.90. The van der Waals surface area contributed by atoms with Crippen molar-refractivity contribution in [3.63, 3.8) is 0 Å². The summed E-state index contributed by atoms with van der Waals surface area (Å²) in [6, 6.07) is 1.83. The monoisotopic (exact) mass is 320 g/mol. The van der Waals surface area contributed by atoms with Gasteiger partial charge in [0.2, 0.25) is 0 Å². The fraction of sp³-hybridized carbons (Fsp3) is 0.462. The summed E-state index contributed by atoms with van der Waals surface area (Å²) in [5.41, 5.74) is -0.468. The Kier molecular flexibility index (Phi) is 6.07.